The first-order valence-electron chi connectivity index (χ1n) is 6.07. The van der Waals surface area contributed by atoms with Gasteiger partial charge >= 0.3 is 0 Å². The lowest BCUT2D eigenvalue weighted by Gasteiger charge is -2.25. The Balaban J connectivity index is 2.89. The quantitative estimate of drug-likeness (QED) is 0.800. The van der Waals surface area contributed by atoms with Crippen molar-refractivity contribution in [3.8, 4) is 0 Å². The zero-order valence-electron chi connectivity index (χ0n) is 12.3. The average Bonchev–Trinajstić information content (AvgIpc) is 2.27. The highest BCUT2D eigenvalue weighted by molar-refractivity contribution is 7.89. The number of benzene rings is 1. The lowest BCUT2D eigenvalue weighted by molar-refractivity contribution is 0.446. The molecule has 1 rings (SSSR count). The highest BCUT2D eigenvalue weighted by Gasteiger charge is 2.25. The van der Waals surface area contributed by atoms with Gasteiger partial charge in [0.05, 0.1) is 11.2 Å². The van der Waals surface area contributed by atoms with Crippen molar-refractivity contribution in [2.24, 2.45) is 0 Å². The van der Waals surface area contributed by atoms with E-state index in [9.17, 15) is 21.2 Å². The molecule has 0 atom stereocenters. The molecule has 0 bridgehead atoms. The minimum Gasteiger partial charge on any atom is -0.213 e. The zero-order chi connectivity index (χ0) is 16.5. The smallest absolute Gasteiger partial charge is 0.213 e. The van der Waals surface area contributed by atoms with Gasteiger partial charge < -0.3 is 0 Å². The lowest BCUT2D eigenvalue weighted by Crippen LogP contribution is -2.50. The van der Waals surface area contributed by atoms with Crippen molar-refractivity contribution in [2.75, 3.05) is 12.8 Å². The molecule has 0 unspecified atom stereocenters. The van der Waals surface area contributed by atoms with Gasteiger partial charge in [0.1, 0.15) is 5.82 Å². The molecule has 0 aliphatic carbocycles. The van der Waals surface area contributed by atoms with Crippen molar-refractivity contribution in [1.29, 1.82) is 0 Å². The second-order valence-corrected chi connectivity index (χ2v) is 9.01. The van der Waals surface area contributed by atoms with E-state index in [1.54, 1.807) is 13.8 Å². The second kappa shape index (κ2) is 5.99. The van der Waals surface area contributed by atoms with Crippen molar-refractivity contribution >= 4 is 20.0 Å². The molecule has 0 aliphatic rings. The Morgan fingerprint density at radius 1 is 1.19 bits per heavy atom. The van der Waals surface area contributed by atoms with Crippen LogP contribution in [0.2, 0.25) is 0 Å². The summed E-state index contributed by atoms with van der Waals surface area (Å²) in [5, 5.41) is 0. The minimum atomic E-state index is -3.84. The first-order chi connectivity index (χ1) is 9.32. The molecule has 0 fully saturated rings. The van der Waals surface area contributed by atoms with Gasteiger partial charge in [-0.3, -0.25) is 0 Å². The number of nitrogens with one attached hydrogen (secondary N) is 2. The van der Waals surface area contributed by atoms with Crippen LogP contribution in [-0.2, 0) is 20.0 Å². The molecule has 0 radical (unpaired) electrons. The van der Waals surface area contributed by atoms with Crippen LogP contribution in [0.25, 0.3) is 0 Å². The third-order valence-electron chi connectivity index (χ3n) is 2.61. The van der Waals surface area contributed by atoms with Crippen molar-refractivity contribution in [3.63, 3.8) is 0 Å². The Kier molecular flexibility index (Phi) is 5.14. The highest BCUT2D eigenvalue weighted by Crippen LogP contribution is 2.14. The van der Waals surface area contributed by atoms with E-state index in [0.717, 1.165) is 18.4 Å². The highest BCUT2D eigenvalue weighted by atomic mass is 32.2. The van der Waals surface area contributed by atoms with Gasteiger partial charge in [-0.1, -0.05) is 0 Å². The fourth-order valence-electron chi connectivity index (χ4n) is 1.68. The molecule has 21 heavy (non-hydrogen) atoms. The van der Waals surface area contributed by atoms with Gasteiger partial charge in [0.25, 0.3) is 0 Å². The molecule has 2 N–H and O–H groups in total. The number of halogens is 1. The number of hydrogen-bond donors (Lipinski definition) is 2. The summed E-state index contributed by atoms with van der Waals surface area (Å²) >= 11 is 0. The zero-order valence-corrected chi connectivity index (χ0v) is 13.9. The van der Waals surface area contributed by atoms with Crippen LogP contribution in [0.15, 0.2) is 23.1 Å². The van der Waals surface area contributed by atoms with Crippen LogP contribution in [-0.4, -0.2) is 35.2 Å². The molecule has 0 aromatic heterocycles. The first-order valence-corrected chi connectivity index (χ1v) is 9.45. The Morgan fingerprint density at radius 3 is 2.24 bits per heavy atom. The molecule has 0 amide bonds. The Hall–Kier alpha value is -1.03. The van der Waals surface area contributed by atoms with Crippen molar-refractivity contribution in [2.45, 2.75) is 31.2 Å². The molecule has 0 spiro atoms. The van der Waals surface area contributed by atoms with Crippen molar-refractivity contribution in [1.82, 2.24) is 9.44 Å². The summed E-state index contributed by atoms with van der Waals surface area (Å²) in [5.41, 5.74) is -0.776. The molecule has 0 saturated carbocycles. The SMILES string of the molecule is Cc1cc(S(=O)(=O)NCC(C)(C)NS(C)(=O)=O)ccc1F. The van der Waals surface area contributed by atoms with E-state index in [1.807, 2.05) is 0 Å². The van der Waals surface area contributed by atoms with Crippen molar-refractivity contribution in [3.05, 3.63) is 29.6 Å². The predicted molar refractivity (Wildman–Crippen MR) is 78.4 cm³/mol. The number of rotatable bonds is 6. The standard InChI is InChI=1S/C12H19FN2O4S2/c1-9-7-10(5-6-11(9)13)21(18,19)14-8-12(2,3)15-20(4,16)17/h5-7,14-15H,8H2,1-4H3. The van der Waals surface area contributed by atoms with Crippen molar-refractivity contribution < 1.29 is 21.2 Å². The first kappa shape index (κ1) is 18.0. The number of hydrogen-bond acceptors (Lipinski definition) is 4. The van der Waals surface area contributed by atoms with E-state index in [4.69, 9.17) is 0 Å². The van der Waals surface area contributed by atoms with Gasteiger partial charge in [0.2, 0.25) is 20.0 Å². The third kappa shape index (κ3) is 5.70. The van der Waals surface area contributed by atoms with Gasteiger partial charge in [-0.15, -0.1) is 0 Å². The summed E-state index contributed by atoms with van der Waals surface area (Å²) in [4.78, 5) is -0.0726. The number of sulfonamides is 2. The molecule has 1 aromatic carbocycles. The summed E-state index contributed by atoms with van der Waals surface area (Å²) in [6, 6.07) is 3.44. The van der Waals surface area contributed by atoms with Crippen LogP contribution in [0.1, 0.15) is 19.4 Å². The fourth-order valence-corrected chi connectivity index (χ4v) is 4.05. The third-order valence-corrected chi connectivity index (χ3v) is 4.93. The molecule has 1 aromatic rings. The lowest BCUT2D eigenvalue weighted by atomic mass is 10.1. The van der Waals surface area contributed by atoms with E-state index < -0.39 is 31.4 Å². The number of aryl methyl sites for hydroxylation is 1. The minimum absolute atomic E-state index is 0.0726. The van der Waals surface area contributed by atoms with E-state index in [2.05, 4.69) is 9.44 Å². The largest absolute Gasteiger partial charge is 0.240 e. The Labute approximate surface area is 124 Å². The van der Waals surface area contributed by atoms with Gasteiger partial charge in [0.15, 0.2) is 0 Å². The van der Waals surface area contributed by atoms with Crippen LogP contribution in [0.4, 0.5) is 4.39 Å². The predicted octanol–water partition coefficient (Wildman–Crippen LogP) is 0.740. The van der Waals surface area contributed by atoms with Crippen LogP contribution >= 0.6 is 0 Å². The normalized spacial score (nSPS) is 13.4. The van der Waals surface area contributed by atoms with E-state index >= 15 is 0 Å². The molecule has 0 heterocycles. The summed E-state index contributed by atoms with van der Waals surface area (Å²) in [6.07, 6.45) is 0.993. The maximum atomic E-state index is 13.2. The van der Waals surface area contributed by atoms with Crippen LogP contribution in [0, 0.1) is 12.7 Å². The second-order valence-electron chi connectivity index (χ2n) is 5.49. The Morgan fingerprint density at radius 2 is 1.76 bits per heavy atom. The summed E-state index contributed by atoms with van der Waals surface area (Å²) in [6.45, 7) is 4.42. The fraction of sp³-hybridized carbons (Fsp3) is 0.500. The average molecular weight is 338 g/mol. The van der Waals surface area contributed by atoms with E-state index in [0.29, 0.717) is 0 Å². The molecule has 0 aliphatic heterocycles. The molecular formula is C12H19FN2O4S2. The molecule has 0 saturated heterocycles. The topological polar surface area (TPSA) is 92.3 Å². The van der Waals surface area contributed by atoms with Gasteiger partial charge in [-0.05, 0) is 44.5 Å². The Bertz CT molecular complexity index is 728. The van der Waals surface area contributed by atoms with E-state index in [1.165, 1.54) is 13.0 Å². The van der Waals surface area contributed by atoms with Crippen LogP contribution in [0.3, 0.4) is 0 Å². The molecular weight excluding hydrogens is 319 g/mol. The summed E-state index contributed by atoms with van der Waals surface area (Å²) in [7, 11) is -7.30. The van der Waals surface area contributed by atoms with Crippen LogP contribution in [0.5, 0.6) is 0 Å². The summed E-state index contributed by atoms with van der Waals surface area (Å²) in [5.74, 6) is -0.493. The van der Waals surface area contributed by atoms with Gasteiger partial charge in [-0.2, -0.15) is 0 Å². The van der Waals surface area contributed by atoms with Gasteiger partial charge in [-0.25, -0.2) is 30.7 Å². The molecule has 6 nitrogen and oxygen atoms in total. The van der Waals surface area contributed by atoms with E-state index in [-0.39, 0.29) is 17.0 Å². The van der Waals surface area contributed by atoms with Gasteiger partial charge in [0, 0.05) is 12.1 Å². The maximum Gasteiger partial charge on any atom is 0.240 e. The summed E-state index contributed by atoms with van der Waals surface area (Å²) < 4.78 is 64.4. The maximum absolute atomic E-state index is 13.2. The monoisotopic (exact) mass is 338 g/mol. The molecule has 120 valence electrons. The van der Waals surface area contributed by atoms with Crippen LogP contribution < -0.4 is 9.44 Å². The molecule has 9 heteroatoms.